The van der Waals surface area contributed by atoms with Crippen molar-refractivity contribution in [3.05, 3.63) is 24.4 Å². The molecule has 16 heavy (non-hydrogen) atoms. The number of hydrogen-bond acceptors (Lipinski definition) is 1. The highest BCUT2D eigenvalue weighted by atomic mass is 14.9. The Morgan fingerprint density at radius 1 is 1.06 bits per heavy atom. The van der Waals surface area contributed by atoms with Gasteiger partial charge in [-0.15, -0.1) is 6.58 Å². The van der Waals surface area contributed by atoms with Gasteiger partial charge in [-0.2, -0.15) is 0 Å². The van der Waals surface area contributed by atoms with Gasteiger partial charge in [0.1, 0.15) is 0 Å². The fourth-order valence-electron chi connectivity index (χ4n) is 1.70. The minimum atomic E-state index is 0.337. The molecule has 0 saturated heterocycles. The molecule has 0 aromatic heterocycles. The van der Waals surface area contributed by atoms with E-state index in [2.05, 4.69) is 46.2 Å². The van der Waals surface area contributed by atoms with Crippen molar-refractivity contribution in [3.8, 4) is 0 Å². The van der Waals surface area contributed by atoms with E-state index in [1.165, 1.54) is 37.0 Å². The summed E-state index contributed by atoms with van der Waals surface area (Å²) in [6.07, 6.45) is 6.00. The molecule has 0 spiro atoms. The zero-order chi connectivity index (χ0) is 12.6. The van der Waals surface area contributed by atoms with E-state index >= 15 is 0 Å². The van der Waals surface area contributed by atoms with Crippen LogP contribution in [0.2, 0.25) is 0 Å². The van der Waals surface area contributed by atoms with Crippen LogP contribution in [0.25, 0.3) is 0 Å². The zero-order valence-corrected chi connectivity index (χ0v) is 11.7. The second-order valence-electron chi connectivity index (χ2n) is 6.04. The monoisotopic (exact) mass is 223 g/mol. The van der Waals surface area contributed by atoms with E-state index in [-0.39, 0.29) is 0 Å². The molecule has 0 aromatic carbocycles. The highest BCUT2D eigenvalue weighted by molar-refractivity contribution is 4.94. The Hall–Kier alpha value is -0.720. The van der Waals surface area contributed by atoms with Crippen molar-refractivity contribution in [3.63, 3.8) is 0 Å². The van der Waals surface area contributed by atoms with Gasteiger partial charge in [-0.3, -0.25) is 0 Å². The Balaban J connectivity index is 3.38. The third-order valence-corrected chi connectivity index (χ3v) is 2.40. The Bertz CT molecular complexity index is 220. The predicted molar refractivity (Wildman–Crippen MR) is 74.5 cm³/mol. The number of unbranched alkanes of at least 4 members (excludes halogenated alkanes) is 2. The Morgan fingerprint density at radius 3 is 2.19 bits per heavy atom. The van der Waals surface area contributed by atoms with Gasteiger partial charge in [0.2, 0.25) is 0 Å². The topological polar surface area (TPSA) is 12.0 Å². The van der Waals surface area contributed by atoms with Crippen molar-refractivity contribution in [2.24, 2.45) is 5.41 Å². The molecular weight excluding hydrogens is 194 g/mol. The molecule has 0 fully saturated rings. The SMILES string of the molecule is C=C(C)CCCCCNC(=C)CC(C)(C)C. The lowest BCUT2D eigenvalue weighted by molar-refractivity contribution is 0.398. The lowest BCUT2D eigenvalue weighted by atomic mass is 9.91. The van der Waals surface area contributed by atoms with Gasteiger partial charge in [-0.05, 0) is 38.0 Å². The molecule has 0 unspecified atom stereocenters. The van der Waals surface area contributed by atoms with Crippen LogP contribution in [0, 0.1) is 5.41 Å². The second kappa shape index (κ2) is 7.54. The summed E-state index contributed by atoms with van der Waals surface area (Å²) in [5.41, 5.74) is 2.81. The van der Waals surface area contributed by atoms with E-state index in [4.69, 9.17) is 0 Å². The predicted octanol–water partition coefficient (Wildman–Crippen LogP) is 4.66. The molecule has 0 heterocycles. The molecule has 1 N–H and O–H groups in total. The van der Waals surface area contributed by atoms with E-state index in [0.717, 1.165) is 13.0 Å². The quantitative estimate of drug-likeness (QED) is 0.466. The summed E-state index contributed by atoms with van der Waals surface area (Å²) in [6.45, 7) is 17.9. The molecule has 0 aliphatic rings. The number of nitrogens with one attached hydrogen (secondary N) is 1. The molecule has 1 nitrogen and oxygen atoms in total. The van der Waals surface area contributed by atoms with Gasteiger partial charge in [-0.25, -0.2) is 0 Å². The van der Waals surface area contributed by atoms with Gasteiger partial charge in [0, 0.05) is 12.2 Å². The maximum atomic E-state index is 4.06. The molecule has 0 aliphatic heterocycles. The van der Waals surface area contributed by atoms with Crippen molar-refractivity contribution in [2.45, 2.75) is 59.8 Å². The summed E-state index contributed by atoms with van der Waals surface area (Å²) in [6, 6.07) is 0. The first kappa shape index (κ1) is 15.3. The van der Waals surface area contributed by atoms with Crippen molar-refractivity contribution >= 4 is 0 Å². The van der Waals surface area contributed by atoms with Gasteiger partial charge in [0.15, 0.2) is 0 Å². The fourth-order valence-corrected chi connectivity index (χ4v) is 1.70. The maximum absolute atomic E-state index is 4.06. The minimum Gasteiger partial charge on any atom is -0.389 e. The van der Waals surface area contributed by atoms with Crippen molar-refractivity contribution in [1.82, 2.24) is 5.32 Å². The molecule has 0 amide bonds. The van der Waals surface area contributed by atoms with Gasteiger partial charge >= 0.3 is 0 Å². The van der Waals surface area contributed by atoms with Gasteiger partial charge in [0.05, 0.1) is 0 Å². The van der Waals surface area contributed by atoms with Gasteiger partial charge < -0.3 is 5.32 Å². The average Bonchev–Trinajstić information content (AvgIpc) is 2.07. The van der Waals surface area contributed by atoms with E-state index in [9.17, 15) is 0 Å². The Kier molecular flexibility index (Phi) is 7.20. The van der Waals surface area contributed by atoms with Crippen LogP contribution >= 0.6 is 0 Å². The van der Waals surface area contributed by atoms with Crippen LogP contribution < -0.4 is 5.32 Å². The van der Waals surface area contributed by atoms with Crippen molar-refractivity contribution in [1.29, 1.82) is 0 Å². The van der Waals surface area contributed by atoms with Crippen molar-refractivity contribution < 1.29 is 0 Å². The largest absolute Gasteiger partial charge is 0.389 e. The van der Waals surface area contributed by atoms with Gasteiger partial charge in [0.25, 0.3) is 0 Å². The highest BCUT2D eigenvalue weighted by Gasteiger charge is 2.11. The maximum Gasteiger partial charge on any atom is 0.0143 e. The molecular formula is C15H29N. The first-order chi connectivity index (χ1) is 7.31. The Labute approximate surface area is 102 Å². The van der Waals surface area contributed by atoms with Crippen LogP contribution in [0.15, 0.2) is 24.4 Å². The summed E-state index contributed by atoms with van der Waals surface area (Å²) >= 11 is 0. The van der Waals surface area contributed by atoms with E-state index < -0.39 is 0 Å². The molecule has 0 bridgehead atoms. The standard InChI is InChI=1S/C15H29N/c1-13(2)10-8-7-9-11-16-14(3)12-15(4,5)6/h16H,1,3,7-12H2,2,4-6H3. The van der Waals surface area contributed by atoms with E-state index in [1.807, 2.05) is 0 Å². The number of hydrogen-bond donors (Lipinski definition) is 1. The minimum absolute atomic E-state index is 0.337. The molecule has 0 atom stereocenters. The fraction of sp³-hybridized carbons (Fsp3) is 0.733. The zero-order valence-electron chi connectivity index (χ0n) is 11.7. The summed E-state index contributed by atoms with van der Waals surface area (Å²) in [5, 5.41) is 3.41. The van der Waals surface area contributed by atoms with Crippen LogP contribution in [0.5, 0.6) is 0 Å². The smallest absolute Gasteiger partial charge is 0.0143 e. The van der Waals surface area contributed by atoms with E-state index in [0.29, 0.717) is 5.41 Å². The summed E-state index contributed by atoms with van der Waals surface area (Å²) < 4.78 is 0. The van der Waals surface area contributed by atoms with E-state index in [1.54, 1.807) is 0 Å². The molecule has 94 valence electrons. The summed E-state index contributed by atoms with van der Waals surface area (Å²) in [7, 11) is 0. The normalized spacial score (nSPS) is 11.2. The molecule has 0 aromatic rings. The Morgan fingerprint density at radius 2 is 1.69 bits per heavy atom. The van der Waals surface area contributed by atoms with Crippen LogP contribution in [0.1, 0.15) is 59.8 Å². The summed E-state index contributed by atoms with van der Waals surface area (Å²) in [5.74, 6) is 0. The lowest BCUT2D eigenvalue weighted by Crippen LogP contribution is -2.18. The van der Waals surface area contributed by atoms with Crippen molar-refractivity contribution in [2.75, 3.05) is 6.54 Å². The third kappa shape index (κ3) is 11.4. The molecule has 0 saturated carbocycles. The highest BCUT2D eigenvalue weighted by Crippen LogP contribution is 2.21. The van der Waals surface area contributed by atoms with Crippen LogP contribution in [-0.4, -0.2) is 6.54 Å². The van der Waals surface area contributed by atoms with Crippen LogP contribution in [-0.2, 0) is 0 Å². The first-order valence-corrected chi connectivity index (χ1v) is 6.37. The number of allylic oxidation sites excluding steroid dienone is 2. The molecule has 0 rings (SSSR count). The number of rotatable bonds is 8. The molecule has 0 radical (unpaired) electrons. The molecule has 1 heteroatoms. The summed E-state index contributed by atoms with van der Waals surface area (Å²) in [4.78, 5) is 0. The third-order valence-electron chi connectivity index (χ3n) is 2.40. The van der Waals surface area contributed by atoms with Crippen LogP contribution in [0.4, 0.5) is 0 Å². The molecule has 0 aliphatic carbocycles. The average molecular weight is 223 g/mol. The first-order valence-electron chi connectivity index (χ1n) is 6.37. The lowest BCUT2D eigenvalue weighted by Gasteiger charge is -2.20. The van der Waals surface area contributed by atoms with Crippen LogP contribution in [0.3, 0.4) is 0 Å². The van der Waals surface area contributed by atoms with Gasteiger partial charge in [-0.1, -0.05) is 39.3 Å². The second-order valence-corrected chi connectivity index (χ2v) is 6.04.